The molecule has 0 bridgehead atoms. The minimum atomic E-state index is 0.240. The van der Waals surface area contributed by atoms with Gasteiger partial charge >= 0.3 is 0 Å². The summed E-state index contributed by atoms with van der Waals surface area (Å²) in [5.41, 5.74) is 1.16. The number of unbranched alkanes of at least 4 members (excludes halogenated alkanes) is 5. The molecule has 0 unspecified atom stereocenters. The molecule has 0 saturated heterocycles. The van der Waals surface area contributed by atoms with Crippen molar-refractivity contribution in [3.63, 3.8) is 0 Å². The van der Waals surface area contributed by atoms with E-state index in [0.29, 0.717) is 19.1 Å². The van der Waals surface area contributed by atoms with Gasteiger partial charge in [0.05, 0.1) is 0 Å². The average Bonchev–Trinajstić information content (AvgIpc) is 3.16. The minimum Gasteiger partial charge on any atom is -0.454 e. The summed E-state index contributed by atoms with van der Waals surface area (Å²) >= 11 is 0. The fourth-order valence-electron chi connectivity index (χ4n) is 3.22. The van der Waals surface area contributed by atoms with Crippen LogP contribution >= 0.6 is 0 Å². The van der Waals surface area contributed by atoms with E-state index in [1.54, 1.807) is 6.08 Å². The Morgan fingerprint density at radius 3 is 2.52 bits per heavy atom. The molecule has 0 fully saturated rings. The highest BCUT2D eigenvalue weighted by Crippen LogP contribution is 2.32. The van der Waals surface area contributed by atoms with Crippen LogP contribution in [0.1, 0.15) is 77.2 Å². The number of ether oxygens (including phenoxy) is 2. The van der Waals surface area contributed by atoms with Gasteiger partial charge in [0.2, 0.25) is 6.79 Å². The van der Waals surface area contributed by atoms with E-state index in [1.807, 2.05) is 24.3 Å². The van der Waals surface area contributed by atoms with E-state index < -0.39 is 0 Å². The molecule has 1 heterocycles. The van der Waals surface area contributed by atoms with Crippen molar-refractivity contribution in [2.75, 3.05) is 6.79 Å². The molecule has 2 rings (SSSR count). The predicted octanol–water partition coefficient (Wildman–Crippen LogP) is 7.28. The summed E-state index contributed by atoms with van der Waals surface area (Å²) in [6.45, 7) is 4.71. The highest BCUT2D eigenvalue weighted by molar-refractivity contribution is 5.89. The Morgan fingerprint density at radius 1 is 0.966 bits per heavy atom. The average molecular weight is 397 g/mol. The van der Waals surface area contributed by atoms with E-state index in [9.17, 15) is 4.79 Å². The summed E-state index contributed by atoms with van der Waals surface area (Å²) in [5, 5.41) is 0. The molecule has 1 aromatic carbocycles. The summed E-state index contributed by atoms with van der Waals surface area (Å²) in [6, 6.07) is 6.05. The maximum Gasteiger partial charge on any atom is 0.231 e. The first kappa shape index (κ1) is 23.0. The largest absolute Gasteiger partial charge is 0.454 e. The van der Waals surface area contributed by atoms with Gasteiger partial charge in [-0.2, -0.15) is 0 Å². The van der Waals surface area contributed by atoms with E-state index in [1.165, 1.54) is 25.7 Å². The lowest BCUT2D eigenvalue weighted by atomic mass is 10.0. The number of ketones is 1. The summed E-state index contributed by atoms with van der Waals surface area (Å²) < 4.78 is 10.7. The quantitative estimate of drug-likeness (QED) is 0.188. The van der Waals surface area contributed by atoms with E-state index in [2.05, 4.69) is 38.1 Å². The summed E-state index contributed by atoms with van der Waals surface area (Å²) in [6.07, 6.45) is 22.1. The van der Waals surface area contributed by atoms with Gasteiger partial charge in [-0.1, -0.05) is 69.6 Å². The van der Waals surface area contributed by atoms with Crippen LogP contribution in [0, 0.1) is 5.92 Å². The van der Waals surface area contributed by atoms with Crippen molar-refractivity contribution in [1.29, 1.82) is 0 Å². The third-order valence-corrected chi connectivity index (χ3v) is 4.93. The molecule has 0 spiro atoms. The van der Waals surface area contributed by atoms with E-state index >= 15 is 0 Å². The summed E-state index contributed by atoms with van der Waals surface area (Å²) in [4.78, 5) is 11.7. The number of carbonyl (C=O) groups excluding carboxylic acids is 1. The molecule has 1 aromatic rings. The number of rotatable bonds is 14. The Morgan fingerprint density at radius 2 is 1.72 bits per heavy atom. The molecule has 158 valence electrons. The third kappa shape index (κ3) is 10.2. The van der Waals surface area contributed by atoms with Gasteiger partial charge in [0.1, 0.15) is 0 Å². The monoisotopic (exact) mass is 396 g/mol. The van der Waals surface area contributed by atoms with Crippen LogP contribution in [0.15, 0.2) is 48.6 Å². The van der Waals surface area contributed by atoms with E-state index in [4.69, 9.17) is 9.47 Å². The van der Waals surface area contributed by atoms with Gasteiger partial charge in [0.15, 0.2) is 17.3 Å². The zero-order valence-electron chi connectivity index (χ0n) is 18.1. The third-order valence-electron chi connectivity index (χ3n) is 4.93. The van der Waals surface area contributed by atoms with Crippen LogP contribution in [0.4, 0.5) is 0 Å². The second-order valence-corrected chi connectivity index (χ2v) is 8.05. The highest BCUT2D eigenvalue weighted by Gasteiger charge is 2.11. The van der Waals surface area contributed by atoms with Crippen molar-refractivity contribution in [1.82, 2.24) is 0 Å². The zero-order chi connectivity index (χ0) is 20.7. The van der Waals surface area contributed by atoms with Gasteiger partial charge in [-0.3, -0.25) is 4.79 Å². The zero-order valence-corrected chi connectivity index (χ0v) is 18.1. The number of hydrogen-bond donors (Lipinski definition) is 0. The number of hydrogen-bond acceptors (Lipinski definition) is 3. The van der Waals surface area contributed by atoms with Crippen molar-refractivity contribution in [3.05, 3.63) is 54.1 Å². The van der Waals surface area contributed by atoms with Crippen LogP contribution in [0.2, 0.25) is 0 Å². The van der Waals surface area contributed by atoms with Crippen LogP contribution in [0.25, 0.3) is 6.08 Å². The van der Waals surface area contributed by atoms with Gasteiger partial charge in [0.25, 0.3) is 0 Å². The molecule has 0 saturated carbocycles. The maximum atomic E-state index is 11.7. The van der Waals surface area contributed by atoms with Crippen molar-refractivity contribution in [2.45, 2.75) is 71.6 Å². The maximum absolute atomic E-state index is 11.7. The molecule has 3 nitrogen and oxygen atoms in total. The fourth-order valence-corrected chi connectivity index (χ4v) is 3.22. The molecule has 29 heavy (non-hydrogen) atoms. The van der Waals surface area contributed by atoms with Crippen LogP contribution < -0.4 is 9.47 Å². The number of benzene rings is 1. The second kappa shape index (κ2) is 13.8. The van der Waals surface area contributed by atoms with Gasteiger partial charge < -0.3 is 9.47 Å². The van der Waals surface area contributed by atoms with Gasteiger partial charge in [0, 0.05) is 6.42 Å². The van der Waals surface area contributed by atoms with Crippen molar-refractivity contribution < 1.29 is 14.3 Å². The van der Waals surface area contributed by atoms with E-state index in [0.717, 1.165) is 42.7 Å². The molecular weight excluding hydrogens is 360 g/mol. The first-order valence-corrected chi connectivity index (χ1v) is 11.1. The predicted molar refractivity (Wildman–Crippen MR) is 121 cm³/mol. The Kier molecular flexibility index (Phi) is 11.0. The summed E-state index contributed by atoms with van der Waals surface area (Å²) in [7, 11) is 0. The molecule has 1 aliphatic rings. The standard InChI is InChI=1S/C26H36O3/c1-22(2)14-13-17-24(27)16-12-10-8-6-4-3-5-7-9-11-15-23-18-19-25-26(20-23)29-21-28-25/h8,10-12,15-16,18-20,22H,3-7,9,13-14,17,21H2,1-2H3. The number of fused-ring (bicyclic) bond motifs is 1. The summed E-state index contributed by atoms with van der Waals surface area (Å²) in [5.74, 6) is 2.59. The lowest BCUT2D eigenvalue weighted by Gasteiger charge is -2.01. The van der Waals surface area contributed by atoms with Gasteiger partial charge in [-0.05, 0) is 61.8 Å². The fraction of sp³-hybridized carbons (Fsp3) is 0.500. The first-order valence-electron chi connectivity index (χ1n) is 11.1. The highest BCUT2D eigenvalue weighted by atomic mass is 16.7. The molecule has 0 aliphatic carbocycles. The van der Waals surface area contributed by atoms with Gasteiger partial charge in [-0.25, -0.2) is 0 Å². The number of allylic oxidation sites excluding steroid dienone is 5. The molecule has 0 N–H and O–H groups in total. The van der Waals surface area contributed by atoms with Gasteiger partial charge in [-0.15, -0.1) is 0 Å². The topological polar surface area (TPSA) is 35.5 Å². The Hall–Kier alpha value is -2.29. The second-order valence-electron chi connectivity index (χ2n) is 8.05. The first-order chi connectivity index (χ1) is 14.1. The van der Waals surface area contributed by atoms with Crippen LogP contribution in [0.3, 0.4) is 0 Å². The van der Waals surface area contributed by atoms with Crippen molar-refractivity contribution in [3.8, 4) is 11.5 Å². The lowest BCUT2D eigenvalue weighted by Crippen LogP contribution is -1.94. The molecule has 0 aromatic heterocycles. The SMILES string of the molecule is CC(C)CCCC(=O)C=CC=CCCCCCCC=Cc1ccc2c(c1)OCO2. The van der Waals surface area contributed by atoms with Crippen LogP contribution in [-0.4, -0.2) is 12.6 Å². The van der Waals surface area contributed by atoms with Crippen molar-refractivity contribution in [2.24, 2.45) is 5.92 Å². The molecular formula is C26H36O3. The number of carbonyl (C=O) groups is 1. The molecule has 0 atom stereocenters. The molecule has 3 heteroatoms. The van der Waals surface area contributed by atoms with Crippen molar-refractivity contribution >= 4 is 11.9 Å². The normalized spacial score (nSPS) is 13.5. The molecule has 0 amide bonds. The molecule has 0 radical (unpaired) electrons. The lowest BCUT2D eigenvalue weighted by molar-refractivity contribution is -0.114. The Labute approximate surface area is 176 Å². The minimum absolute atomic E-state index is 0.240. The van der Waals surface area contributed by atoms with E-state index in [-0.39, 0.29) is 5.78 Å². The van der Waals surface area contributed by atoms with Crippen LogP contribution in [0.5, 0.6) is 11.5 Å². The smallest absolute Gasteiger partial charge is 0.231 e. The molecule has 1 aliphatic heterocycles. The Bertz CT molecular complexity index is 698. The Balaban J connectivity index is 1.45. The van der Waals surface area contributed by atoms with Crippen LogP contribution in [-0.2, 0) is 4.79 Å².